The highest BCUT2D eigenvalue weighted by Crippen LogP contribution is 2.05. The van der Waals surface area contributed by atoms with Gasteiger partial charge in [0.25, 0.3) is 0 Å². The van der Waals surface area contributed by atoms with Gasteiger partial charge in [0, 0.05) is 26.1 Å². The monoisotopic (exact) mass is 263 g/mol. The smallest absolute Gasteiger partial charge is 0.140 e. The van der Waals surface area contributed by atoms with Gasteiger partial charge in [-0.3, -0.25) is 0 Å². The number of rotatable bonds is 8. The van der Waals surface area contributed by atoms with E-state index in [1.165, 1.54) is 5.56 Å². The van der Waals surface area contributed by atoms with Crippen LogP contribution in [0.2, 0.25) is 0 Å². The molecule has 3 N–H and O–H groups in total. The van der Waals surface area contributed by atoms with Gasteiger partial charge in [0.15, 0.2) is 0 Å². The molecular formula is C15H25N3O. The van der Waals surface area contributed by atoms with Gasteiger partial charge in [0.2, 0.25) is 0 Å². The summed E-state index contributed by atoms with van der Waals surface area (Å²) in [6.07, 6.45) is 1.64. The standard InChI is InChI=1S/C15H25N3O/c1-13(2)12-18(11-9-15(16)17-19)10-8-14-6-4-3-5-7-14/h3-7,13,19H,8-12H2,1-2H3,(H2,16,17). The van der Waals surface area contributed by atoms with E-state index < -0.39 is 0 Å². The van der Waals surface area contributed by atoms with Gasteiger partial charge in [-0.1, -0.05) is 49.3 Å². The van der Waals surface area contributed by atoms with Crippen LogP contribution in [0.4, 0.5) is 0 Å². The fourth-order valence-electron chi connectivity index (χ4n) is 2.07. The highest BCUT2D eigenvalue weighted by molar-refractivity contribution is 5.79. The van der Waals surface area contributed by atoms with E-state index in [9.17, 15) is 0 Å². The molecule has 0 aliphatic carbocycles. The van der Waals surface area contributed by atoms with Gasteiger partial charge < -0.3 is 15.8 Å². The van der Waals surface area contributed by atoms with Gasteiger partial charge in [-0.25, -0.2) is 0 Å². The van der Waals surface area contributed by atoms with Crippen molar-refractivity contribution in [2.75, 3.05) is 19.6 Å². The second-order valence-corrected chi connectivity index (χ2v) is 5.27. The number of hydrogen-bond donors (Lipinski definition) is 2. The molecule has 1 rings (SSSR count). The normalized spacial score (nSPS) is 12.3. The molecule has 0 aliphatic rings. The van der Waals surface area contributed by atoms with E-state index in [2.05, 4.69) is 48.2 Å². The van der Waals surface area contributed by atoms with Crippen molar-refractivity contribution in [3.05, 3.63) is 35.9 Å². The maximum atomic E-state index is 8.58. The predicted molar refractivity (Wildman–Crippen MR) is 79.4 cm³/mol. The van der Waals surface area contributed by atoms with Gasteiger partial charge in [0.05, 0.1) is 0 Å². The van der Waals surface area contributed by atoms with Crippen molar-refractivity contribution in [3.63, 3.8) is 0 Å². The largest absolute Gasteiger partial charge is 0.409 e. The molecule has 0 bridgehead atoms. The first kappa shape index (κ1) is 15.5. The van der Waals surface area contributed by atoms with Crippen molar-refractivity contribution in [2.24, 2.45) is 16.8 Å². The molecule has 0 spiro atoms. The minimum atomic E-state index is 0.300. The zero-order valence-corrected chi connectivity index (χ0v) is 11.9. The van der Waals surface area contributed by atoms with Crippen molar-refractivity contribution in [1.29, 1.82) is 0 Å². The summed E-state index contributed by atoms with van der Waals surface area (Å²) >= 11 is 0. The van der Waals surface area contributed by atoms with Crippen LogP contribution < -0.4 is 5.73 Å². The first-order valence-corrected chi connectivity index (χ1v) is 6.84. The Morgan fingerprint density at radius 2 is 1.95 bits per heavy atom. The lowest BCUT2D eigenvalue weighted by atomic mass is 10.1. The van der Waals surface area contributed by atoms with E-state index in [1.54, 1.807) is 0 Å². The second-order valence-electron chi connectivity index (χ2n) is 5.27. The molecule has 0 atom stereocenters. The molecule has 0 heterocycles. The van der Waals surface area contributed by atoms with Crippen LogP contribution in [0.5, 0.6) is 0 Å². The number of oxime groups is 1. The van der Waals surface area contributed by atoms with Crippen molar-refractivity contribution in [2.45, 2.75) is 26.7 Å². The quantitative estimate of drug-likeness (QED) is 0.327. The Bertz CT molecular complexity index is 376. The molecule has 106 valence electrons. The lowest BCUT2D eigenvalue weighted by Crippen LogP contribution is -2.33. The number of benzene rings is 1. The van der Waals surface area contributed by atoms with Crippen LogP contribution in [0, 0.1) is 5.92 Å². The average molecular weight is 263 g/mol. The van der Waals surface area contributed by atoms with Crippen molar-refractivity contribution in [1.82, 2.24) is 4.90 Å². The summed E-state index contributed by atoms with van der Waals surface area (Å²) in [6, 6.07) is 10.5. The van der Waals surface area contributed by atoms with Gasteiger partial charge in [-0.15, -0.1) is 0 Å². The van der Waals surface area contributed by atoms with Crippen LogP contribution in [0.1, 0.15) is 25.8 Å². The lowest BCUT2D eigenvalue weighted by molar-refractivity contribution is 0.251. The topological polar surface area (TPSA) is 61.8 Å². The van der Waals surface area contributed by atoms with Crippen molar-refractivity contribution in [3.8, 4) is 0 Å². The summed E-state index contributed by atoms with van der Waals surface area (Å²) in [5.74, 6) is 0.913. The van der Waals surface area contributed by atoms with E-state index in [1.807, 2.05) is 6.07 Å². The highest BCUT2D eigenvalue weighted by Gasteiger charge is 2.08. The fraction of sp³-hybridized carbons (Fsp3) is 0.533. The van der Waals surface area contributed by atoms with Crippen LogP contribution in [0.3, 0.4) is 0 Å². The Kier molecular flexibility index (Phi) is 6.97. The molecule has 0 radical (unpaired) electrons. The third-order valence-corrected chi connectivity index (χ3v) is 3.00. The molecule has 4 nitrogen and oxygen atoms in total. The van der Waals surface area contributed by atoms with Crippen molar-refractivity contribution >= 4 is 5.84 Å². The Morgan fingerprint density at radius 1 is 1.26 bits per heavy atom. The molecule has 0 amide bonds. The maximum Gasteiger partial charge on any atom is 0.140 e. The molecule has 0 saturated carbocycles. The van der Waals surface area contributed by atoms with Gasteiger partial charge in [-0.2, -0.15) is 0 Å². The first-order valence-electron chi connectivity index (χ1n) is 6.84. The summed E-state index contributed by atoms with van der Waals surface area (Å²) in [5.41, 5.74) is 6.88. The Labute approximate surface area is 115 Å². The summed E-state index contributed by atoms with van der Waals surface area (Å²) in [7, 11) is 0. The number of hydrogen-bond acceptors (Lipinski definition) is 3. The molecular weight excluding hydrogens is 238 g/mol. The zero-order valence-electron chi connectivity index (χ0n) is 11.9. The van der Waals surface area contributed by atoms with Crippen LogP contribution >= 0.6 is 0 Å². The minimum absolute atomic E-state index is 0.300. The molecule has 1 aromatic carbocycles. The van der Waals surface area contributed by atoms with E-state index in [4.69, 9.17) is 10.9 Å². The van der Waals surface area contributed by atoms with Gasteiger partial charge in [-0.05, 0) is 17.9 Å². The Morgan fingerprint density at radius 3 is 2.53 bits per heavy atom. The maximum absolute atomic E-state index is 8.58. The van der Waals surface area contributed by atoms with E-state index in [-0.39, 0.29) is 0 Å². The van der Waals surface area contributed by atoms with Crippen molar-refractivity contribution < 1.29 is 5.21 Å². The third-order valence-electron chi connectivity index (χ3n) is 3.00. The summed E-state index contributed by atoms with van der Waals surface area (Å²) in [4.78, 5) is 2.37. The average Bonchev–Trinajstić information content (AvgIpc) is 2.42. The lowest BCUT2D eigenvalue weighted by Gasteiger charge is -2.24. The Hall–Kier alpha value is -1.55. The molecule has 0 fully saturated rings. The van der Waals surface area contributed by atoms with Crippen LogP contribution in [0.25, 0.3) is 0 Å². The minimum Gasteiger partial charge on any atom is -0.409 e. The molecule has 0 saturated heterocycles. The fourth-order valence-corrected chi connectivity index (χ4v) is 2.07. The van der Waals surface area contributed by atoms with Gasteiger partial charge in [0.1, 0.15) is 5.84 Å². The molecule has 19 heavy (non-hydrogen) atoms. The number of nitrogens with zero attached hydrogens (tertiary/aromatic N) is 2. The van der Waals surface area contributed by atoms with E-state index in [0.717, 1.165) is 26.1 Å². The third kappa shape index (κ3) is 6.82. The van der Waals surface area contributed by atoms with Gasteiger partial charge >= 0.3 is 0 Å². The first-order chi connectivity index (χ1) is 9.11. The SMILES string of the molecule is CC(C)CN(CCC(N)=NO)CCc1ccccc1. The predicted octanol–water partition coefficient (Wildman–Crippen LogP) is 2.32. The number of amidine groups is 1. The molecule has 0 unspecified atom stereocenters. The molecule has 1 aromatic rings. The highest BCUT2D eigenvalue weighted by atomic mass is 16.4. The van der Waals surface area contributed by atoms with E-state index in [0.29, 0.717) is 18.2 Å². The summed E-state index contributed by atoms with van der Waals surface area (Å²) in [6.45, 7) is 7.28. The Balaban J connectivity index is 2.45. The molecule has 0 aliphatic heterocycles. The van der Waals surface area contributed by atoms with Crippen LogP contribution in [0.15, 0.2) is 35.5 Å². The van der Waals surface area contributed by atoms with Crippen LogP contribution in [-0.2, 0) is 6.42 Å². The summed E-state index contributed by atoms with van der Waals surface area (Å²) in [5, 5.41) is 11.6. The van der Waals surface area contributed by atoms with Crippen LogP contribution in [-0.4, -0.2) is 35.6 Å². The molecule has 4 heteroatoms. The number of nitrogens with two attached hydrogens (primary N) is 1. The second kappa shape index (κ2) is 8.53. The zero-order chi connectivity index (χ0) is 14.1. The van der Waals surface area contributed by atoms with E-state index >= 15 is 0 Å². The molecule has 0 aromatic heterocycles. The summed E-state index contributed by atoms with van der Waals surface area (Å²) < 4.78 is 0.